The fourth-order valence-electron chi connectivity index (χ4n) is 1.90. The minimum Gasteiger partial charge on any atom is -0.495 e. The minimum absolute atomic E-state index is 0.606. The van der Waals surface area contributed by atoms with Crippen molar-refractivity contribution < 1.29 is 4.74 Å². The van der Waals surface area contributed by atoms with Gasteiger partial charge in [0.05, 0.1) is 12.1 Å². The Hall–Kier alpha value is -1.48. The van der Waals surface area contributed by atoms with Crippen LogP contribution in [0.25, 0.3) is 11.4 Å². The summed E-state index contributed by atoms with van der Waals surface area (Å²) in [5, 5.41) is 0.606. The van der Waals surface area contributed by atoms with Crippen molar-refractivity contribution in [2.24, 2.45) is 0 Å². The van der Waals surface area contributed by atoms with E-state index < -0.39 is 0 Å². The van der Waals surface area contributed by atoms with Crippen LogP contribution in [0, 0.1) is 0 Å². The van der Waals surface area contributed by atoms with E-state index in [0.29, 0.717) is 16.7 Å². The molecule has 3 nitrogen and oxygen atoms in total. The molecule has 1 heterocycles. The van der Waals surface area contributed by atoms with Crippen LogP contribution in [0.3, 0.4) is 0 Å². The molecule has 0 unspecified atom stereocenters. The van der Waals surface area contributed by atoms with Gasteiger partial charge in [0.25, 0.3) is 0 Å². The van der Waals surface area contributed by atoms with Crippen molar-refractivity contribution in [2.45, 2.75) is 18.8 Å². The van der Waals surface area contributed by atoms with Crippen molar-refractivity contribution in [3.8, 4) is 17.1 Å². The highest BCUT2D eigenvalue weighted by Gasteiger charge is 2.25. The lowest BCUT2D eigenvalue weighted by molar-refractivity contribution is 0.415. The summed E-state index contributed by atoms with van der Waals surface area (Å²) in [6, 6.07) is 5.69. The molecular weight excluding hydrogens is 236 g/mol. The summed E-state index contributed by atoms with van der Waals surface area (Å²) in [6.45, 7) is 0. The number of hydrogen-bond acceptors (Lipinski definition) is 2. The molecule has 1 N–H and O–H groups in total. The van der Waals surface area contributed by atoms with Crippen molar-refractivity contribution in [3.05, 3.63) is 35.1 Å². The number of aromatic amines is 1. The molecule has 17 heavy (non-hydrogen) atoms. The van der Waals surface area contributed by atoms with Crippen LogP contribution < -0.4 is 4.74 Å². The Balaban J connectivity index is 1.93. The van der Waals surface area contributed by atoms with E-state index in [0.717, 1.165) is 11.4 Å². The molecule has 1 fully saturated rings. The predicted molar refractivity (Wildman–Crippen MR) is 67.6 cm³/mol. The van der Waals surface area contributed by atoms with Crippen molar-refractivity contribution in [1.29, 1.82) is 0 Å². The first-order valence-corrected chi connectivity index (χ1v) is 6.04. The average Bonchev–Trinajstić information content (AvgIpc) is 3.07. The molecule has 0 aliphatic heterocycles. The highest BCUT2D eigenvalue weighted by Crippen LogP contribution is 2.39. The van der Waals surface area contributed by atoms with E-state index in [4.69, 9.17) is 16.3 Å². The van der Waals surface area contributed by atoms with Gasteiger partial charge in [0, 0.05) is 23.4 Å². The van der Waals surface area contributed by atoms with Gasteiger partial charge in [-0.15, -0.1) is 0 Å². The van der Waals surface area contributed by atoms with Gasteiger partial charge in [-0.05, 0) is 31.0 Å². The van der Waals surface area contributed by atoms with Crippen LogP contribution in [0.5, 0.6) is 5.75 Å². The van der Waals surface area contributed by atoms with Crippen molar-refractivity contribution in [3.63, 3.8) is 0 Å². The first kappa shape index (κ1) is 10.7. The van der Waals surface area contributed by atoms with E-state index in [1.54, 1.807) is 7.11 Å². The van der Waals surface area contributed by atoms with E-state index in [2.05, 4.69) is 9.97 Å². The Labute approximate surface area is 105 Å². The number of ether oxygens (including phenoxy) is 1. The van der Waals surface area contributed by atoms with Gasteiger partial charge < -0.3 is 9.72 Å². The van der Waals surface area contributed by atoms with E-state index in [-0.39, 0.29) is 0 Å². The number of nitrogens with zero attached hydrogens (tertiary/aromatic N) is 1. The minimum atomic E-state index is 0.606. The molecule has 1 saturated carbocycles. The second-order valence-electron chi connectivity index (χ2n) is 4.31. The van der Waals surface area contributed by atoms with Gasteiger partial charge in [-0.2, -0.15) is 0 Å². The van der Waals surface area contributed by atoms with Crippen molar-refractivity contribution in [1.82, 2.24) is 9.97 Å². The predicted octanol–water partition coefficient (Wildman–Crippen LogP) is 3.62. The smallest absolute Gasteiger partial charge is 0.137 e. The number of benzene rings is 1. The molecule has 2 aromatic rings. The Kier molecular flexibility index (Phi) is 2.56. The number of nitrogens with one attached hydrogen (secondary N) is 1. The van der Waals surface area contributed by atoms with Crippen molar-refractivity contribution >= 4 is 11.6 Å². The second kappa shape index (κ2) is 4.08. The Morgan fingerprint density at radius 2 is 2.24 bits per heavy atom. The topological polar surface area (TPSA) is 37.9 Å². The summed E-state index contributed by atoms with van der Waals surface area (Å²) in [5.74, 6) is 2.24. The Morgan fingerprint density at radius 1 is 1.41 bits per heavy atom. The number of aromatic nitrogens is 2. The third-order valence-electron chi connectivity index (χ3n) is 3.04. The summed E-state index contributed by atoms with van der Waals surface area (Å²) in [6.07, 6.45) is 4.46. The van der Waals surface area contributed by atoms with Crippen LogP contribution in [0.1, 0.15) is 24.5 Å². The average molecular weight is 249 g/mol. The number of methoxy groups -OCH3 is 1. The van der Waals surface area contributed by atoms with Gasteiger partial charge in [0.2, 0.25) is 0 Å². The number of imidazole rings is 1. The number of hydrogen-bond donors (Lipinski definition) is 1. The fourth-order valence-corrected chi connectivity index (χ4v) is 2.16. The van der Waals surface area contributed by atoms with E-state index >= 15 is 0 Å². The van der Waals surface area contributed by atoms with Gasteiger partial charge in [-0.25, -0.2) is 4.98 Å². The first-order chi connectivity index (χ1) is 8.28. The van der Waals surface area contributed by atoms with Gasteiger partial charge in [-0.1, -0.05) is 11.6 Å². The zero-order valence-corrected chi connectivity index (χ0v) is 10.3. The van der Waals surface area contributed by atoms with Gasteiger partial charge in [0.1, 0.15) is 11.6 Å². The molecule has 88 valence electrons. The lowest BCUT2D eigenvalue weighted by atomic mass is 10.2. The van der Waals surface area contributed by atoms with E-state index in [1.807, 2.05) is 24.4 Å². The normalized spacial score (nSPS) is 14.9. The standard InChI is InChI=1S/C13H13ClN2O/c1-17-12-5-4-9(6-10(12)14)13-15-7-11(16-13)8-2-3-8/h4-8H,2-3H2,1H3,(H,15,16). The van der Waals surface area contributed by atoms with Crippen LogP contribution in [-0.4, -0.2) is 17.1 Å². The van der Waals surface area contributed by atoms with Gasteiger partial charge in [0.15, 0.2) is 0 Å². The molecule has 1 aromatic heterocycles. The van der Waals surface area contributed by atoms with Gasteiger partial charge in [-0.3, -0.25) is 0 Å². The SMILES string of the molecule is COc1ccc(-c2ncc(C3CC3)[nH]2)cc1Cl. The summed E-state index contributed by atoms with van der Waals surface area (Å²) in [4.78, 5) is 7.73. The molecule has 0 spiro atoms. The fraction of sp³-hybridized carbons (Fsp3) is 0.308. The lowest BCUT2D eigenvalue weighted by Gasteiger charge is -2.04. The summed E-state index contributed by atoms with van der Waals surface area (Å²) >= 11 is 6.09. The zero-order chi connectivity index (χ0) is 11.8. The highest BCUT2D eigenvalue weighted by atomic mass is 35.5. The maximum absolute atomic E-state index is 6.09. The molecule has 0 amide bonds. The second-order valence-corrected chi connectivity index (χ2v) is 4.72. The molecular formula is C13H13ClN2O. The monoisotopic (exact) mass is 248 g/mol. The molecule has 0 bridgehead atoms. The lowest BCUT2D eigenvalue weighted by Crippen LogP contribution is -1.86. The summed E-state index contributed by atoms with van der Waals surface area (Å²) in [7, 11) is 1.61. The Bertz CT molecular complexity index is 546. The van der Waals surface area contributed by atoms with Gasteiger partial charge >= 0.3 is 0 Å². The zero-order valence-electron chi connectivity index (χ0n) is 9.53. The molecule has 0 atom stereocenters. The molecule has 0 saturated heterocycles. The summed E-state index contributed by atoms with van der Waals surface area (Å²) in [5.41, 5.74) is 2.22. The molecule has 1 aliphatic rings. The first-order valence-electron chi connectivity index (χ1n) is 5.67. The van der Waals surface area contributed by atoms with Crippen molar-refractivity contribution in [2.75, 3.05) is 7.11 Å². The number of halogens is 1. The molecule has 1 aliphatic carbocycles. The third-order valence-corrected chi connectivity index (χ3v) is 3.33. The molecule has 1 aromatic carbocycles. The largest absolute Gasteiger partial charge is 0.495 e. The van der Waals surface area contributed by atoms with Crippen LogP contribution in [0.4, 0.5) is 0 Å². The maximum atomic E-state index is 6.09. The number of rotatable bonds is 3. The highest BCUT2D eigenvalue weighted by molar-refractivity contribution is 6.32. The van der Waals surface area contributed by atoms with E-state index in [9.17, 15) is 0 Å². The quantitative estimate of drug-likeness (QED) is 0.901. The van der Waals surface area contributed by atoms with Crippen LogP contribution in [0.2, 0.25) is 5.02 Å². The van der Waals surface area contributed by atoms with Crippen LogP contribution in [-0.2, 0) is 0 Å². The van der Waals surface area contributed by atoms with E-state index in [1.165, 1.54) is 18.5 Å². The molecule has 4 heteroatoms. The maximum Gasteiger partial charge on any atom is 0.137 e. The summed E-state index contributed by atoms with van der Waals surface area (Å²) < 4.78 is 5.13. The third kappa shape index (κ3) is 2.03. The van der Waals surface area contributed by atoms with Crippen LogP contribution in [0.15, 0.2) is 24.4 Å². The number of H-pyrrole nitrogens is 1. The molecule has 0 radical (unpaired) electrons. The molecule has 3 rings (SSSR count). The van der Waals surface area contributed by atoms with Crippen LogP contribution >= 0.6 is 11.6 Å². The Morgan fingerprint density at radius 3 is 2.88 bits per heavy atom.